The van der Waals surface area contributed by atoms with Crippen molar-refractivity contribution in [3.05, 3.63) is 58.6 Å². The molecule has 2 unspecified atom stereocenters. The summed E-state index contributed by atoms with van der Waals surface area (Å²) < 4.78 is 28.7. The summed E-state index contributed by atoms with van der Waals surface area (Å²) >= 11 is 6.04. The largest absolute Gasteiger partial charge is 0.372 e. The van der Waals surface area contributed by atoms with E-state index in [0.29, 0.717) is 22.8 Å². The molecular weight excluding hydrogens is 400 g/mol. The second-order valence-corrected chi connectivity index (χ2v) is 9.30. The van der Waals surface area contributed by atoms with E-state index in [1.807, 2.05) is 18.2 Å². The molecule has 2 aromatic rings. The lowest BCUT2D eigenvalue weighted by atomic mass is 10.1. The monoisotopic (exact) mass is 420 g/mol. The van der Waals surface area contributed by atoms with Crippen LogP contribution >= 0.6 is 11.6 Å². The maximum Gasteiger partial charge on any atom is 0.241 e. The second kappa shape index (κ2) is 7.27. The van der Waals surface area contributed by atoms with E-state index in [1.165, 1.54) is 5.56 Å². The maximum absolute atomic E-state index is 13.0. The van der Waals surface area contributed by atoms with Gasteiger partial charge >= 0.3 is 0 Å². The van der Waals surface area contributed by atoms with Crippen LogP contribution in [0, 0.1) is 0 Å². The van der Waals surface area contributed by atoms with E-state index in [2.05, 4.69) is 21.0 Å². The Morgan fingerprint density at radius 1 is 1.29 bits per heavy atom. The standard InChI is InChI=1S/C19H21ClN4O3S/c20-13-5-6-15-14(11-13)18(17(23-15)19(21)25)28(26,27)22-8-10-24-9-7-12-3-1-2-4-16(12)24/h1-6,11,17-18,22-23H,7-10H2,(H2,21,25). The van der Waals surface area contributed by atoms with Crippen molar-refractivity contribution in [1.29, 1.82) is 0 Å². The van der Waals surface area contributed by atoms with Crippen molar-refractivity contribution in [2.45, 2.75) is 17.7 Å². The Morgan fingerprint density at radius 2 is 2.07 bits per heavy atom. The molecule has 2 aromatic carbocycles. The zero-order valence-corrected chi connectivity index (χ0v) is 16.6. The van der Waals surface area contributed by atoms with Crippen molar-refractivity contribution < 1.29 is 13.2 Å². The Morgan fingerprint density at radius 3 is 2.86 bits per heavy atom. The lowest BCUT2D eigenvalue weighted by molar-refractivity contribution is -0.118. The highest BCUT2D eigenvalue weighted by atomic mass is 35.5. The first-order valence-electron chi connectivity index (χ1n) is 9.03. The van der Waals surface area contributed by atoms with Gasteiger partial charge in [0.1, 0.15) is 11.3 Å². The fourth-order valence-electron chi connectivity index (χ4n) is 3.94. The maximum atomic E-state index is 13.0. The van der Waals surface area contributed by atoms with Crippen LogP contribution < -0.4 is 20.7 Å². The minimum Gasteiger partial charge on any atom is -0.372 e. The van der Waals surface area contributed by atoms with Crippen LogP contribution in [-0.2, 0) is 21.2 Å². The molecule has 0 radical (unpaired) electrons. The fraction of sp³-hybridized carbons (Fsp3) is 0.316. The molecule has 0 aromatic heterocycles. The predicted molar refractivity (Wildman–Crippen MR) is 110 cm³/mol. The molecule has 4 N–H and O–H groups in total. The average molecular weight is 421 g/mol. The number of hydrogen-bond donors (Lipinski definition) is 3. The molecule has 7 nitrogen and oxygen atoms in total. The highest BCUT2D eigenvalue weighted by Crippen LogP contribution is 2.40. The van der Waals surface area contributed by atoms with Crippen molar-refractivity contribution in [2.75, 3.05) is 29.9 Å². The molecule has 1 amide bonds. The first-order valence-corrected chi connectivity index (χ1v) is 11.0. The Bertz CT molecular complexity index is 1030. The van der Waals surface area contributed by atoms with Gasteiger partial charge in [-0.25, -0.2) is 13.1 Å². The molecular formula is C19H21ClN4O3S. The Kier molecular flexibility index (Phi) is 4.95. The number of nitrogens with two attached hydrogens (primary N) is 1. The Labute approximate surface area is 168 Å². The number of nitrogens with zero attached hydrogens (tertiary/aromatic N) is 1. The van der Waals surface area contributed by atoms with Gasteiger partial charge in [0.25, 0.3) is 0 Å². The van der Waals surface area contributed by atoms with E-state index < -0.39 is 27.2 Å². The number of sulfonamides is 1. The number of para-hydroxylation sites is 1. The molecule has 148 valence electrons. The number of primary amides is 1. The quantitative estimate of drug-likeness (QED) is 0.659. The van der Waals surface area contributed by atoms with Gasteiger partial charge in [0.2, 0.25) is 15.9 Å². The van der Waals surface area contributed by atoms with Crippen LogP contribution in [0.4, 0.5) is 11.4 Å². The van der Waals surface area contributed by atoms with Crippen LogP contribution in [0.5, 0.6) is 0 Å². The van der Waals surface area contributed by atoms with Gasteiger partial charge in [-0.2, -0.15) is 0 Å². The summed E-state index contributed by atoms with van der Waals surface area (Å²) in [5.74, 6) is -0.726. The van der Waals surface area contributed by atoms with Crippen LogP contribution in [-0.4, -0.2) is 40.0 Å². The number of anilines is 2. The number of benzene rings is 2. The van der Waals surface area contributed by atoms with Gasteiger partial charge in [-0.15, -0.1) is 0 Å². The van der Waals surface area contributed by atoms with Crippen molar-refractivity contribution in [3.8, 4) is 0 Å². The Balaban J connectivity index is 1.50. The van der Waals surface area contributed by atoms with Crippen LogP contribution in [0.1, 0.15) is 16.4 Å². The van der Waals surface area contributed by atoms with Gasteiger partial charge in [-0.3, -0.25) is 4.79 Å². The lowest BCUT2D eigenvalue weighted by Crippen LogP contribution is -2.44. The van der Waals surface area contributed by atoms with Crippen LogP contribution in [0.3, 0.4) is 0 Å². The van der Waals surface area contributed by atoms with E-state index in [0.717, 1.165) is 18.7 Å². The summed E-state index contributed by atoms with van der Waals surface area (Å²) in [6.07, 6.45) is 0.949. The third-order valence-corrected chi connectivity index (χ3v) is 7.28. The number of fused-ring (bicyclic) bond motifs is 2. The third-order valence-electron chi connectivity index (χ3n) is 5.24. The van der Waals surface area contributed by atoms with E-state index in [4.69, 9.17) is 17.3 Å². The highest BCUT2D eigenvalue weighted by molar-refractivity contribution is 7.89. The summed E-state index contributed by atoms with van der Waals surface area (Å²) in [5, 5.41) is 2.18. The number of rotatable bonds is 6. The number of halogens is 1. The zero-order valence-electron chi connectivity index (χ0n) is 15.1. The molecule has 0 fully saturated rings. The topological polar surface area (TPSA) is 105 Å². The molecule has 2 atom stereocenters. The predicted octanol–water partition coefficient (Wildman–Crippen LogP) is 1.64. The van der Waals surface area contributed by atoms with E-state index in [9.17, 15) is 13.2 Å². The molecule has 0 bridgehead atoms. The first-order chi connectivity index (χ1) is 13.4. The number of nitrogens with one attached hydrogen (secondary N) is 2. The van der Waals surface area contributed by atoms with E-state index >= 15 is 0 Å². The van der Waals surface area contributed by atoms with Gasteiger partial charge in [0.05, 0.1) is 0 Å². The molecule has 2 heterocycles. The lowest BCUT2D eigenvalue weighted by Gasteiger charge is -2.22. The molecule has 0 spiro atoms. The second-order valence-electron chi connectivity index (χ2n) is 6.98. The van der Waals surface area contributed by atoms with Crippen molar-refractivity contribution in [3.63, 3.8) is 0 Å². The molecule has 0 saturated carbocycles. The van der Waals surface area contributed by atoms with E-state index in [-0.39, 0.29) is 6.54 Å². The number of carbonyl (C=O) groups excluding carboxylic acids is 1. The summed E-state index contributed by atoms with van der Waals surface area (Å²) in [5.41, 5.74) is 8.86. The SMILES string of the molecule is NC(=O)C1Nc2ccc(Cl)cc2C1S(=O)(=O)NCCN1CCc2ccccc21. The highest BCUT2D eigenvalue weighted by Gasteiger charge is 2.44. The normalized spacial score (nSPS) is 20.5. The average Bonchev–Trinajstić information content (AvgIpc) is 3.23. The van der Waals surface area contributed by atoms with Gasteiger partial charge < -0.3 is 16.0 Å². The molecule has 0 aliphatic carbocycles. The molecule has 2 aliphatic heterocycles. The summed E-state index contributed by atoms with van der Waals surface area (Å²) in [6.45, 7) is 1.63. The van der Waals surface area contributed by atoms with Gasteiger partial charge in [-0.1, -0.05) is 29.8 Å². The molecule has 28 heavy (non-hydrogen) atoms. The smallest absolute Gasteiger partial charge is 0.241 e. The first kappa shape index (κ1) is 19.0. The third kappa shape index (κ3) is 3.43. The fourth-order valence-corrected chi connectivity index (χ4v) is 5.77. The van der Waals surface area contributed by atoms with Gasteiger partial charge in [0, 0.05) is 36.0 Å². The van der Waals surface area contributed by atoms with Crippen LogP contribution in [0.25, 0.3) is 0 Å². The number of hydrogen-bond acceptors (Lipinski definition) is 5. The van der Waals surface area contributed by atoms with Crippen molar-refractivity contribution >= 4 is 38.9 Å². The Hall–Kier alpha value is -2.29. The molecule has 9 heteroatoms. The summed E-state index contributed by atoms with van der Waals surface area (Å²) in [6, 6.07) is 11.9. The van der Waals surface area contributed by atoms with Crippen molar-refractivity contribution in [1.82, 2.24) is 4.72 Å². The summed E-state index contributed by atoms with van der Waals surface area (Å²) in [4.78, 5) is 14.0. The van der Waals surface area contributed by atoms with Gasteiger partial charge in [0.15, 0.2) is 0 Å². The minimum atomic E-state index is -3.85. The van der Waals surface area contributed by atoms with Gasteiger partial charge in [-0.05, 0) is 41.8 Å². The zero-order chi connectivity index (χ0) is 19.9. The molecule has 4 rings (SSSR count). The molecule has 2 aliphatic rings. The number of amides is 1. The van der Waals surface area contributed by atoms with E-state index in [1.54, 1.807) is 18.2 Å². The van der Waals surface area contributed by atoms with Crippen molar-refractivity contribution in [2.24, 2.45) is 5.73 Å². The summed E-state index contributed by atoms with van der Waals surface area (Å²) in [7, 11) is -3.85. The van der Waals surface area contributed by atoms with Crippen LogP contribution in [0.2, 0.25) is 5.02 Å². The number of carbonyl (C=O) groups is 1. The van der Waals surface area contributed by atoms with Crippen LogP contribution in [0.15, 0.2) is 42.5 Å². The molecule has 0 saturated heterocycles. The minimum absolute atomic E-state index is 0.231.